The Morgan fingerprint density at radius 2 is 1.95 bits per heavy atom. The zero-order valence-electron chi connectivity index (χ0n) is 11.0. The van der Waals surface area contributed by atoms with Crippen LogP contribution in [0.5, 0.6) is 0 Å². The molecule has 1 amide bonds. The highest BCUT2D eigenvalue weighted by Crippen LogP contribution is 2.28. The Kier molecular flexibility index (Phi) is 5.15. The highest BCUT2D eigenvalue weighted by atomic mass is 32.1. The van der Waals surface area contributed by atoms with Crippen molar-refractivity contribution in [2.24, 2.45) is 0 Å². The number of rotatable bonds is 1. The maximum absolute atomic E-state index is 12.0. The number of hydrazine groups is 1. The molecule has 0 fully saturated rings. The summed E-state index contributed by atoms with van der Waals surface area (Å²) in [5.41, 5.74) is 6.62. The molecular weight excluding hydrogens is 278 g/mol. The zero-order chi connectivity index (χ0) is 13.7. The number of fused-ring (bicyclic) bond motifs is 1. The molecule has 4 nitrogen and oxygen atoms in total. The summed E-state index contributed by atoms with van der Waals surface area (Å²) in [4.78, 5) is 14.1. The van der Waals surface area contributed by atoms with E-state index in [2.05, 4.69) is 16.2 Å². The molecule has 1 aromatic rings. The Morgan fingerprint density at radius 1 is 1.21 bits per heavy atom. The van der Waals surface area contributed by atoms with E-state index in [4.69, 9.17) is 12.2 Å². The van der Waals surface area contributed by atoms with Gasteiger partial charge in [0.05, 0.1) is 4.88 Å². The molecule has 3 N–H and O–H groups in total. The Hall–Kier alpha value is -1.14. The van der Waals surface area contributed by atoms with Gasteiger partial charge in [-0.25, -0.2) is 0 Å². The summed E-state index contributed by atoms with van der Waals surface area (Å²) in [6.07, 6.45) is 7.27. The van der Waals surface area contributed by atoms with Gasteiger partial charge < -0.3 is 5.32 Å². The molecule has 0 aliphatic heterocycles. The van der Waals surface area contributed by atoms with Crippen LogP contribution in [0.1, 0.15) is 45.8 Å². The predicted molar refractivity (Wildman–Crippen MR) is 82.5 cm³/mol. The van der Waals surface area contributed by atoms with Crippen molar-refractivity contribution in [1.82, 2.24) is 16.2 Å². The Labute approximate surface area is 122 Å². The molecule has 0 unspecified atom stereocenters. The van der Waals surface area contributed by atoms with Crippen molar-refractivity contribution in [3.63, 3.8) is 0 Å². The molecule has 104 valence electrons. The van der Waals surface area contributed by atoms with Crippen LogP contribution in [0.25, 0.3) is 0 Å². The number of thiocarbonyl (C=S) groups is 1. The first-order valence-electron chi connectivity index (χ1n) is 6.60. The van der Waals surface area contributed by atoms with Crippen LogP contribution in [0.2, 0.25) is 0 Å². The van der Waals surface area contributed by atoms with Crippen molar-refractivity contribution >= 4 is 34.6 Å². The van der Waals surface area contributed by atoms with Gasteiger partial charge in [-0.15, -0.1) is 11.3 Å². The van der Waals surface area contributed by atoms with E-state index in [0.29, 0.717) is 5.11 Å². The maximum Gasteiger partial charge on any atom is 0.279 e. The summed E-state index contributed by atoms with van der Waals surface area (Å²) >= 11 is 6.52. The summed E-state index contributed by atoms with van der Waals surface area (Å²) < 4.78 is 0. The van der Waals surface area contributed by atoms with E-state index in [-0.39, 0.29) is 5.91 Å². The van der Waals surface area contributed by atoms with Gasteiger partial charge in [0, 0.05) is 11.9 Å². The van der Waals surface area contributed by atoms with Gasteiger partial charge in [-0.1, -0.05) is 12.8 Å². The van der Waals surface area contributed by atoms with E-state index in [1.54, 1.807) is 18.4 Å². The summed E-state index contributed by atoms with van der Waals surface area (Å²) in [5.74, 6) is -0.116. The number of nitrogens with one attached hydrogen (secondary N) is 3. The van der Waals surface area contributed by atoms with E-state index in [1.807, 2.05) is 6.07 Å². The summed E-state index contributed by atoms with van der Waals surface area (Å²) in [6, 6.07) is 2.03. The third-order valence-corrected chi connectivity index (χ3v) is 4.78. The number of aryl methyl sites for hydroxylation is 2. The average Bonchev–Trinajstić information content (AvgIpc) is 2.78. The second-order valence-electron chi connectivity index (χ2n) is 4.63. The summed E-state index contributed by atoms with van der Waals surface area (Å²) in [6.45, 7) is 0. The first kappa shape index (κ1) is 14.3. The van der Waals surface area contributed by atoms with Crippen molar-refractivity contribution < 1.29 is 4.79 Å². The van der Waals surface area contributed by atoms with E-state index in [1.165, 1.54) is 36.1 Å². The van der Waals surface area contributed by atoms with Crippen LogP contribution >= 0.6 is 23.6 Å². The molecule has 0 saturated heterocycles. The smallest absolute Gasteiger partial charge is 0.279 e. The lowest BCUT2D eigenvalue weighted by molar-refractivity contribution is 0.0948. The monoisotopic (exact) mass is 297 g/mol. The fourth-order valence-corrected chi connectivity index (χ4v) is 3.39. The minimum Gasteiger partial charge on any atom is -0.364 e. The van der Waals surface area contributed by atoms with Gasteiger partial charge in [0.1, 0.15) is 0 Å². The molecule has 0 radical (unpaired) electrons. The Balaban J connectivity index is 2.02. The van der Waals surface area contributed by atoms with Crippen LogP contribution in [0.4, 0.5) is 0 Å². The number of thiophene rings is 1. The van der Waals surface area contributed by atoms with E-state index in [9.17, 15) is 4.79 Å². The topological polar surface area (TPSA) is 53.2 Å². The normalized spacial score (nSPS) is 14.8. The van der Waals surface area contributed by atoms with Gasteiger partial charge in [-0.2, -0.15) is 0 Å². The Bertz CT molecular complexity index is 445. The minimum atomic E-state index is -0.116. The van der Waals surface area contributed by atoms with Gasteiger partial charge in [-0.3, -0.25) is 15.6 Å². The van der Waals surface area contributed by atoms with Crippen molar-refractivity contribution in [1.29, 1.82) is 0 Å². The SMILES string of the molecule is CNC(=S)NNC(=O)c1cc2c(s1)CCCCCC2. The third-order valence-electron chi connectivity index (χ3n) is 3.24. The number of carbonyl (C=O) groups excluding carboxylic acids is 1. The molecule has 0 atom stereocenters. The second-order valence-corrected chi connectivity index (χ2v) is 6.18. The molecule has 1 aliphatic carbocycles. The van der Waals surface area contributed by atoms with Crippen LogP contribution in [0, 0.1) is 0 Å². The van der Waals surface area contributed by atoms with Crippen LogP contribution in [0.3, 0.4) is 0 Å². The molecule has 0 aromatic carbocycles. The summed E-state index contributed by atoms with van der Waals surface area (Å²) in [7, 11) is 1.71. The number of hydrogen-bond acceptors (Lipinski definition) is 3. The zero-order valence-corrected chi connectivity index (χ0v) is 12.7. The third kappa shape index (κ3) is 3.91. The largest absolute Gasteiger partial charge is 0.364 e. The van der Waals surface area contributed by atoms with Crippen molar-refractivity contribution in [2.45, 2.75) is 38.5 Å². The lowest BCUT2D eigenvalue weighted by Gasteiger charge is -2.07. The Morgan fingerprint density at radius 3 is 2.68 bits per heavy atom. The first-order valence-corrected chi connectivity index (χ1v) is 7.83. The van der Waals surface area contributed by atoms with Crippen molar-refractivity contribution in [3.05, 3.63) is 21.4 Å². The van der Waals surface area contributed by atoms with Gasteiger partial charge in [-0.05, 0) is 49.5 Å². The molecule has 1 aromatic heterocycles. The lowest BCUT2D eigenvalue weighted by atomic mass is 10.00. The molecule has 0 spiro atoms. The number of amides is 1. The fraction of sp³-hybridized carbons (Fsp3) is 0.538. The fourth-order valence-electron chi connectivity index (χ4n) is 2.19. The molecule has 6 heteroatoms. The molecule has 2 rings (SSSR count). The van der Waals surface area contributed by atoms with Crippen LogP contribution < -0.4 is 16.2 Å². The van der Waals surface area contributed by atoms with Gasteiger partial charge >= 0.3 is 0 Å². The molecule has 1 heterocycles. The lowest BCUT2D eigenvalue weighted by Crippen LogP contribution is -2.45. The quantitative estimate of drug-likeness (QED) is 0.549. The second kappa shape index (κ2) is 6.86. The van der Waals surface area contributed by atoms with Gasteiger partial charge in [0.25, 0.3) is 5.91 Å². The van der Waals surface area contributed by atoms with E-state index >= 15 is 0 Å². The van der Waals surface area contributed by atoms with Crippen molar-refractivity contribution in [2.75, 3.05) is 7.05 Å². The van der Waals surface area contributed by atoms with Gasteiger partial charge in [0.15, 0.2) is 5.11 Å². The van der Waals surface area contributed by atoms with Crippen molar-refractivity contribution in [3.8, 4) is 0 Å². The average molecular weight is 297 g/mol. The van der Waals surface area contributed by atoms with E-state index < -0.39 is 0 Å². The van der Waals surface area contributed by atoms with Crippen LogP contribution in [-0.4, -0.2) is 18.1 Å². The molecule has 0 bridgehead atoms. The molecule has 0 saturated carbocycles. The molecule has 1 aliphatic rings. The predicted octanol–water partition coefficient (Wildman–Crippen LogP) is 2.15. The van der Waals surface area contributed by atoms with Gasteiger partial charge in [0.2, 0.25) is 0 Å². The van der Waals surface area contributed by atoms with E-state index in [0.717, 1.165) is 17.7 Å². The standard InChI is InChI=1S/C13H19N3OS2/c1-14-13(18)16-15-12(17)11-8-9-6-4-2-3-5-7-10(9)19-11/h8H,2-7H2,1H3,(H,15,17)(H2,14,16,18). The first-order chi connectivity index (χ1) is 9.20. The summed E-state index contributed by atoms with van der Waals surface area (Å²) in [5, 5.41) is 3.15. The number of hydrogen-bond donors (Lipinski definition) is 3. The number of carbonyl (C=O) groups is 1. The molecular formula is C13H19N3OS2. The van der Waals surface area contributed by atoms with Crippen LogP contribution in [0.15, 0.2) is 6.07 Å². The molecule has 19 heavy (non-hydrogen) atoms. The highest BCUT2D eigenvalue weighted by Gasteiger charge is 2.15. The van der Waals surface area contributed by atoms with Crippen LogP contribution in [-0.2, 0) is 12.8 Å². The highest BCUT2D eigenvalue weighted by molar-refractivity contribution is 7.80. The maximum atomic E-state index is 12.0. The minimum absolute atomic E-state index is 0.116.